The Kier molecular flexibility index (Phi) is 2.77. The lowest BCUT2D eigenvalue weighted by atomic mass is 10.2. The third kappa shape index (κ3) is 2.10. The second-order valence-electron chi connectivity index (χ2n) is 4.03. The lowest BCUT2D eigenvalue weighted by Crippen LogP contribution is -2.23. The molecule has 1 aromatic rings. The molecule has 3 nitrogen and oxygen atoms in total. The van der Waals surface area contributed by atoms with Crippen LogP contribution in [-0.4, -0.2) is 16.0 Å². The van der Waals surface area contributed by atoms with Gasteiger partial charge >= 0.3 is 0 Å². The van der Waals surface area contributed by atoms with E-state index in [-0.39, 0.29) is 0 Å². The SMILES string of the molecule is CCC1CC1NC(C)c1cnccn1. The first kappa shape index (κ1) is 9.59. The zero-order chi connectivity index (χ0) is 9.97. The van der Waals surface area contributed by atoms with E-state index in [0.29, 0.717) is 12.1 Å². The van der Waals surface area contributed by atoms with Gasteiger partial charge in [-0.15, -0.1) is 0 Å². The molecule has 14 heavy (non-hydrogen) atoms. The molecule has 1 aromatic heterocycles. The van der Waals surface area contributed by atoms with E-state index in [1.54, 1.807) is 12.4 Å². The van der Waals surface area contributed by atoms with E-state index in [0.717, 1.165) is 11.6 Å². The third-order valence-electron chi connectivity index (χ3n) is 2.94. The van der Waals surface area contributed by atoms with Crippen LogP contribution < -0.4 is 5.32 Å². The maximum absolute atomic E-state index is 4.29. The Morgan fingerprint density at radius 1 is 1.57 bits per heavy atom. The molecule has 1 fully saturated rings. The Morgan fingerprint density at radius 2 is 2.43 bits per heavy atom. The molecule has 0 aromatic carbocycles. The predicted molar refractivity (Wildman–Crippen MR) is 55.8 cm³/mol. The van der Waals surface area contributed by atoms with Gasteiger partial charge in [-0.1, -0.05) is 13.3 Å². The second kappa shape index (κ2) is 4.05. The first-order valence-corrected chi connectivity index (χ1v) is 5.33. The van der Waals surface area contributed by atoms with Crippen LogP contribution in [0.25, 0.3) is 0 Å². The Labute approximate surface area is 85.0 Å². The summed E-state index contributed by atoms with van der Waals surface area (Å²) in [5.74, 6) is 0.883. The van der Waals surface area contributed by atoms with Crippen LogP contribution in [0.5, 0.6) is 0 Å². The number of hydrogen-bond acceptors (Lipinski definition) is 3. The summed E-state index contributed by atoms with van der Waals surface area (Å²) >= 11 is 0. The van der Waals surface area contributed by atoms with Crippen molar-refractivity contribution in [1.29, 1.82) is 0 Å². The van der Waals surface area contributed by atoms with Gasteiger partial charge in [-0.05, 0) is 19.3 Å². The van der Waals surface area contributed by atoms with Crippen LogP contribution in [-0.2, 0) is 0 Å². The van der Waals surface area contributed by atoms with Gasteiger partial charge in [0.1, 0.15) is 0 Å². The van der Waals surface area contributed by atoms with Crippen molar-refractivity contribution in [3.63, 3.8) is 0 Å². The van der Waals surface area contributed by atoms with E-state index in [2.05, 4.69) is 29.1 Å². The van der Waals surface area contributed by atoms with Crippen LogP contribution in [0.15, 0.2) is 18.6 Å². The minimum absolute atomic E-state index is 0.324. The topological polar surface area (TPSA) is 37.8 Å². The van der Waals surface area contributed by atoms with E-state index >= 15 is 0 Å². The zero-order valence-corrected chi connectivity index (χ0v) is 8.77. The van der Waals surface area contributed by atoms with Crippen molar-refractivity contribution in [3.05, 3.63) is 24.3 Å². The molecule has 3 heteroatoms. The van der Waals surface area contributed by atoms with Crippen molar-refractivity contribution in [3.8, 4) is 0 Å². The van der Waals surface area contributed by atoms with Crippen LogP contribution in [0, 0.1) is 5.92 Å². The molecule has 0 spiro atoms. The smallest absolute Gasteiger partial charge is 0.0753 e. The van der Waals surface area contributed by atoms with Crippen molar-refractivity contribution in [2.45, 2.75) is 38.8 Å². The summed E-state index contributed by atoms with van der Waals surface area (Å²) < 4.78 is 0. The minimum Gasteiger partial charge on any atom is -0.306 e. The summed E-state index contributed by atoms with van der Waals surface area (Å²) in [5, 5.41) is 3.57. The van der Waals surface area contributed by atoms with Gasteiger partial charge in [-0.25, -0.2) is 0 Å². The first-order valence-electron chi connectivity index (χ1n) is 5.33. The molecule has 0 radical (unpaired) electrons. The summed E-state index contributed by atoms with van der Waals surface area (Å²) in [6.07, 6.45) is 7.90. The van der Waals surface area contributed by atoms with Crippen LogP contribution in [0.1, 0.15) is 38.4 Å². The summed E-state index contributed by atoms with van der Waals surface area (Å²) in [4.78, 5) is 8.36. The summed E-state index contributed by atoms with van der Waals surface area (Å²) in [5.41, 5.74) is 1.04. The second-order valence-corrected chi connectivity index (χ2v) is 4.03. The maximum Gasteiger partial charge on any atom is 0.0753 e. The lowest BCUT2D eigenvalue weighted by Gasteiger charge is -2.12. The standard InChI is InChI=1S/C11H17N3/c1-3-9-6-10(9)14-8(2)11-7-12-4-5-13-11/h4-5,7-10,14H,3,6H2,1-2H3. The molecule has 1 heterocycles. The number of rotatable bonds is 4. The molecule has 3 atom stereocenters. The normalized spacial score (nSPS) is 27.3. The molecule has 1 aliphatic rings. The third-order valence-corrected chi connectivity index (χ3v) is 2.94. The van der Waals surface area contributed by atoms with E-state index in [4.69, 9.17) is 0 Å². The Hall–Kier alpha value is -0.960. The average molecular weight is 191 g/mol. The molecular weight excluding hydrogens is 174 g/mol. The summed E-state index contributed by atoms with van der Waals surface area (Å²) in [6, 6.07) is 1.03. The molecular formula is C11H17N3. The number of nitrogens with zero attached hydrogens (tertiary/aromatic N) is 2. The van der Waals surface area contributed by atoms with Crippen LogP contribution in [0.2, 0.25) is 0 Å². The number of hydrogen-bond donors (Lipinski definition) is 1. The zero-order valence-electron chi connectivity index (χ0n) is 8.77. The molecule has 0 saturated heterocycles. The molecule has 0 aliphatic heterocycles. The van der Waals surface area contributed by atoms with Gasteiger partial charge in [0.05, 0.1) is 5.69 Å². The highest BCUT2D eigenvalue weighted by Crippen LogP contribution is 2.34. The van der Waals surface area contributed by atoms with Crippen molar-refractivity contribution < 1.29 is 0 Å². The lowest BCUT2D eigenvalue weighted by molar-refractivity contribution is 0.527. The molecule has 1 saturated carbocycles. The fourth-order valence-electron chi connectivity index (χ4n) is 1.84. The van der Waals surface area contributed by atoms with Gasteiger partial charge in [-0.2, -0.15) is 0 Å². The van der Waals surface area contributed by atoms with E-state index in [1.807, 2.05) is 6.20 Å². The van der Waals surface area contributed by atoms with Gasteiger partial charge in [0.15, 0.2) is 0 Å². The van der Waals surface area contributed by atoms with Crippen LogP contribution >= 0.6 is 0 Å². The largest absolute Gasteiger partial charge is 0.306 e. The van der Waals surface area contributed by atoms with Gasteiger partial charge in [0.2, 0.25) is 0 Å². The van der Waals surface area contributed by atoms with E-state index in [1.165, 1.54) is 12.8 Å². The molecule has 1 aliphatic carbocycles. The van der Waals surface area contributed by atoms with E-state index in [9.17, 15) is 0 Å². The van der Waals surface area contributed by atoms with Crippen molar-refractivity contribution >= 4 is 0 Å². The van der Waals surface area contributed by atoms with Crippen molar-refractivity contribution in [2.75, 3.05) is 0 Å². The molecule has 0 bridgehead atoms. The average Bonchev–Trinajstić information content (AvgIpc) is 2.98. The Morgan fingerprint density at radius 3 is 3.00 bits per heavy atom. The summed E-state index contributed by atoms with van der Waals surface area (Å²) in [7, 11) is 0. The van der Waals surface area contributed by atoms with Crippen LogP contribution in [0.3, 0.4) is 0 Å². The minimum atomic E-state index is 0.324. The van der Waals surface area contributed by atoms with Gasteiger partial charge in [0, 0.05) is 30.7 Å². The molecule has 76 valence electrons. The molecule has 3 unspecified atom stereocenters. The maximum atomic E-state index is 4.29. The molecule has 2 rings (SSSR count). The quantitative estimate of drug-likeness (QED) is 0.790. The van der Waals surface area contributed by atoms with Gasteiger partial charge in [0.25, 0.3) is 0 Å². The summed E-state index contributed by atoms with van der Waals surface area (Å²) in [6.45, 7) is 4.40. The van der Waals surface area contributed by atoms with Crippen molar-refractivity contribution in [1.82, 2.24) is 15.3 Å². The highest BCUT2D eigenvalue weighted by molar-refractivity contribution is 5.04. The highest BCUT2D eigenvalue weighted by Gasteiger charge is 2.36. The highest BCUT2D eigenvalue weighted by atomic mass is 15.0. The monoisotopic (exact) mass is 191 g/mol. The molecule has 0 amide bonds. The van der Waals surface area contributed by atoms with Crippen molar-refractivity contribution in [2.24, 2.45) is 5.92 Å². The first-order chi connectivity index (χ1) is 6.81. The molecule has 1 N–H and O–H groups in total. The number of nitrogens with one attached hydrogen (secondary N) is 1. The Balaban J connectivity index is 1.88. The van der Waals surface area contributed by atoms with Gasteiger partial charge in [-0.3, -0.25) is 9.97 Å². The van der Waals surface area contributed by atoms with Gasteiger partial charge < -0.3 is 5.32 Å². The predicted octanol–water partition coefficient (Wildman–Crippen LogP) is 1.93. The Bertz CT molecular complexity index is 286. The fraction of sp³-hybridized carbons (Fsp3) is 0.636. The fourth-order valence-corrected chi connectivity index (χ4v) is 1.84. The van der Waals surface area contributed by atoms with E-state index < -0.39 is 0 Å². The van der Waals surface area contributed by atoms with Crippen LogP contribution in [0.4, 0.5) is 0 Å². The number of aromatic nitrogens is 2.